The highest BCUT2D eigenvalue weighted by Crippen LogP contribution is 2.34. The molecule has 1 aliphatic rings. The Morgan fingerprint density at radius 2 is 1.81 bits per heavy atom. The summed E-state index contributed by atoms with van der Waals surface area (Å²) in [6, 6.07) is 0.721. The van der Waals surface area contributed by atoms with Crippen molar-refractivity contribution in [3.05, 3.63) is 0 Å². The van der Waals surface area contributed by atoms with Gasteiger partial charge in [0.2, 0.25) is 0 Å². The van der Waals surface area contributed by atoms with Gasteiger partial charge in [-0.1, -0.05) is 13.8 Å². The molecule has 1 rings (SSSR count). The van der Waals surface area contributed by atoms with Crippen molar-refractivity contribution in [1.82, 2.24) is 10.2 Å². The van der Waals surface area contributed by atoms with E-state index in [4.69, 9.17) is 0 Å². The van der Waals surface area contributed by atoms with Crippen molar-refractivity contribution in [2.75, 3.05) is 26.2 Å². The minimum absolute atomic E-state index is 0.584. The SMILES string of the molecule is CCCNCC1(CC)CCN(C(C)C)CC1. The van der Waals surface area contributed by atoms with E-state index in [-0.39, 0.29) is 0 Å². The Balaban J connectivity index is 2.38. The van der Waals surface area contributed by atoms with Crippen LogP contribution in [0.3, 0.4) is 0 Å². The van der Waals surface area contributed by atoms with Crippen LogP contribution in [-0.2, 0) is 0 Å². The van der Waals surface area contributed by atoms with Crippen LogP contribution in [0.4, 0.5) is 0 Å². The first-order valence-corrected chi connectivity index (χ1v) is 7.08. The van der Waals surface area contributed by atoms with Crippen LogP contribution < -0.4 is 5.32 Å². The van der Waals surface area contributed by atoms with Gasteiger partial charge in [-0.25, -0.2) is 0 Å². The van der Waals surface area contributed by atoms with Crippen molar-refractivity contribution in [2.45, 2.75) is 59.4 Å². The summed E-state index contributed by atoms with van der Waals surface area (Å²) in [5.41, 5.74) is 0.584. The molecule has 1 saturated heterocycles. The van der Waals surface area contributed by atoms with Crippen molar-refractivity contribution in [3.8, 4) is 0 Å². The highest BCUT2D eigenvalue weighted by molar-refractivity contribution is 4.87. The molecule has 0 atom stereocenters. The molecule has 0 saturated carbocycles. The fraction of sp³-hybridized carbons (Fsp3) is 1.00. The van der Waals surface area contributed by atoms with Crippen molar-refractivity contribution in [1.29, 1.82) is 0 Å². The summed E-state index contributed by atoms with van der Waals surface area (Å²) in [4.78, 5) is 2.62. The number of nitrogens with one attached hydrogen (secondary N) is 1. The van der Waals surface area contributed by atoms with E-state index in [1.54, 1.807) is 0 Å². The molecule has 2 heteroatoms. The average Bonchev–Trinajstić information content (AvgIpc) is 2.30. The largest absolute Gasteiger partial charge is 0.316 e. The molecule has 2 nitrogen and oxygen atoms in total. The third-order valence-electron chi connectivity index (χ3n) is 4.27. The molecule has 0 aliphatic carbocycles. The van der Waals surface area contributed by atoms with Crippen molar-refractivity contribution in [2.24, 2.45) is 5.41 Å². The van der Waals surface area contributed by atoms with E-state index in [0.717, 1.165) is 6.04 Å². The maximum absolute atomic E-state index is 3.62. The second-order valence-electron chi connectivity index (χ2n) is 5.66. The monoisotopic (exact) mass is 226 g/mol. The van der Waals surface area contributed by atoms with Crippen LogP contribution in [0.1, 0.15) is 53.4 Å². The zero-order valence-corrected chi connectivity index (χ0v) is 11.7. The normalized spacial score (nSPS) is 21.6. The van der Waals surface area contributed by atoms with E-state index in [9.17, 15) is 0 Å². The van der Waals surface area contributed by atoms with Crippen LogP contribution in [0.5, 0.6) is 0 Å². The Bertz CT molecular complexity index is 181. The fourth-order valence-electron chi connectivity index (χ4n) is 2.70. The minimum Gasteiger partial charge on any atom is -0.316 e. The van der Waals surface area contributed by atoms with Crippen molar-refractivity contribution < 1.29 is 0 Å². The molecule has 0 bridgehead atoms. The van der Waals surface area contributed by atoms with Gasteiger partial charge in [-0.15, -0.1) is 0 Å². The molecule has 0 amide bonds. The summed E-state index contributed by atoms with van der Waals surface area (Å²) < 4.78 is 0. The lowest BCUT2D eigenvalue weighted by molar-refractivity contribution is 0.0786. The summed E-state index contributed by atoms with van der Waals surface area (Å²) in [5.74, 6) is 0. The molecule has 1 fully saturated rings. The zero-order chi connectivity index (χ0) is 12.0. The van der Waals surface area contributed by atoms with Gasteiger partial charge in [0, 0.05) is 12.6 Å². The van der Waals surface area contributed by atoms with Gasteiger partial charge in [0.15, 0.2) is 0 Å². The number of likely N-dealkylation sites (tertiary alicyclic amines) is 1. The van der Waals surface area contributed by atoms with E-state index in [1.807, 2.05) is 0 Å². The van der Waals surface area contributed by atoms with E-state index < -0.39 is 0 Å². The Morgan fingerprint density at radius 1 is 1.19 bits per heavy atom. The Hall–Kier alpha value is -0.0800. The molecular formula is C14H30N2. The number of hydrogen-bond donors (Lipinski definition) is 1. The number of nitrogens with zero attached hydrogens (tertiary/aromatic N) is 1. The first kappa shape index (κ1) is 14.0. The van der Waals surface area contributed by atoms with E-state index >= 15 is 0 Å². The highest BCUT2D eigenvalue weighted by Gasteiger charge is 2.32. The molecule has 96 valence electrons. The molecule has 0 radical (unpaired) electrons. The standard InChI is InChI=1S/C14H30N2/c1-5-9-15-12-14(6-2)7-10-16(11-8-14)13(3)4/h13,15H,5-12H2,1-4H3. The van der Waals surface area contributed by atoms with Gasteiger partial charge in [-0.3, -0.25) is 0 Å². The van der Waals surface area contributed by atoms with E-state index in [0.29, 0.717) is 5.41 Å². The van der Waals surface area contributed by atoms with Gasteiger partial charge in [0.05, 0.1) is 0 Å². The summed E-state index contributed by atoms with van der Waals surface area (Å²) in [6.07, 6.45) is 5.32. The third-order valence-corrected chi connectivity index (χ3v) is 4.27. The predicted molar refractivity (Wildman–Crippen MR) is 71.8 cm³/mol. The van der Waals surface area contributed by atoms with Gasteiger partial charge < -0.3 is 10.2 Å². The Labute approximate surface area is 102 Å². The maximum Gasteiger partial charge on any atom is 0.00385 e. The summed E-state index contributed by atoms with van der Waals surface area (Å²) >= 11 is 0. The van der Waals surface area contributed by atoms with Gasteiger partial charge in [0.1, 0.15) is 0 Å². The molecule has 0 unspecified atom stereocenters. The average molecular weight is 226 g/mol. The molecule has 1 heterocycles. The summed E-state index contributed by atoms with van der Waals surface area (Å²) in [6.45, 7) is 14.2. The zero-order valence-electron chi connectivity index (χ0n) is 11.7. The summed E-state index contributed by atoms with van der Waals surface area (Å²) in [7, 11) is 0. The molecule has 0 spiro atoms. The van der Waals surface area contributed by atoms with Gasteiger partial charge >= 0.3 is 0 Å². The molecular weight excluding hydrogens is 196 g/mol. The van der Waals surface area contributed by atoms with Gasteiger partial charge in [0.25, 0.3) is 0 Å². The second-order valence-corrected chi connectivity index (χ2v) is 5.66. The van der Waals surface area contributed by atoms with Crippen LogP contribution in [0.15, 0.2) is 0 Å². The first-order valence-electron chi connectivity index (χ1n) is 7.08. The van der Waals surface area contributed by atoms with Crippen molar-refractivity contribution >= 4 is 0 Å². The predicted octanol–water partition coefficient (Wildman–Crippen LogP) is 2.89. The van der Waals surface area contributed by atoms with Crippen LogP contribution in [0, 0.1) is 5.41 Å². The van der Waals surface area contributed by atoms with Gasteiger partial charge in [-0.05, 0) is 64.6 Å². The molecule has 0 aromatic carbocycles. The van der Waals surface area contributed by atoms with Crippen molar-refractivity contribution in [3.63, 3.8) is 0 Å². The number of piperidine rings is 1. The fourth-order valence-corrected chi connectivity index (χ4v) is 2.70. The Morgan fingerprint density at radius 3 is 2.25 bits per heavy atom. The minimum atomic E-state index is 0.584. The molecule has 0 aromatic heterocycles. The summed E-state index contributed by atoms with van der Waals surface area (Å²) in [5, 5.41) is 3.62. The van der Waals surface area contributed by atoms with E-state index in [2.05, 4.69) is 37.9 Å². The lowest BCUT2D eigenvalue weighted by atomic mass is 9.76. The molecule has 1 N–H and O–H groups in total. The smallest absolute Gasteiger partial charge is 0.00385 e. The topological polar surface area (TPSA) is 15.3 Å². The number of rotatable bonds is 6. The Kier molecular flexibility index (Phi) is 5.77. The van der Waals surface area contributed by atoms with Gasteiger partial charge in [-0.2, -0.15) is 0 Å². The first-order chi connectivity index (χ1) is 7.63. The third kappa shape index (κ3) is 3.74. The molecule has 16 heavy (non-hydrogen) atoms. The second kappa shape index (κ2) is 6.61. The van der Waals surface area contributed by atoms with Crippen LogP contribution in [0.25, 0.3) is 0 Å². The maximum atomic E-state index is 3.62. The molecule has 1 aliphatic heterocycles. The van der Waals surface area contributed by atoms with Crippen LogP contribution >= 0.6 is 0 Å². The lowest BCUT2D eigenvalue weighted by Gasteiger charge is -2.43. The number of hydrogen-bond acceptors (Lipinski definition) is 2. The lowest BCUT2D eigenvalue weighted by Crippen LogP contribution is -2.47. The van der Waals surface area contributed by atoms with Crippen LogP contribution in [-0.4, -0.2) is 37.1 Å². The quantitative estimate of drug-likeness (QED) is 0.701. The van der Waals surface area contributed by atoms with E-state index in [1.165, 1.54) is 51.9 Å². The molecule has 0 aromatic rings. The van der Waals surface area contributed by atoms with Crippen LogP contribution in [0.2, 0.25) is 0 Å². The highest BCUT2D eigenvalue weighted by atomic mass is 15.2.